The van der Waals surface area contributed by atoms with E-state index in [2.05, 4.69) is 5.32 Å². The first kappa shape index (κ1) is 19.1. The van der Waals surface area contributed by atoms with Gasteiger partial charge in [-0.15, -0.1) is 0 Å². The van der Waals surface area contributed by atoms with Gasteiger partial charge in [-0.05, 0) is 30.8 Å². The van der Waals surface area contributed by atoms with Crippen molar-refractivity contribution in [3.63, 3.8) is 0 Å². The minimum absolute atomic E-state index is 0.183. The first-order chi connectivity index (χ1) is 13.0. The number of rotatable bonds is 7. The molecule has 0 aliphatic carbocycles. The fourth-order valence-corrected chi connectivity index (χ4v) is 3.04. The second-order valence-corrected chi connectivity index (χ2v) is 6.50. The number of benzene rings is 2. The Labute approximate surface area is 162 Å². The molecule has 7 nitrogen and oxygen atoms in total. The van der Waals surface area contributed by atoms with E-state index in [0.29, 0.717) is 28.8 Å². The van der Waals surface area contributed by atoms with E-state index in [0.717, 1.165) is 17.1 Å². The minimum atomic E-state index is -0.183. The van der Waals surface area contributed by atoms with Crippen molar-refractivity contribution in [2.24, 2.45) is 0 Å². The zero-order chi connectivity index (χ0) is 19.4. The Hall–Kier alpha value is -2.64. The van der Waals surface area contributed by atoms with Crippen molar-refractivity contribution < 1.29 is 23.7 Å². The van der Waals surface area contributed by atoms with E-state index >= 15 is 0 Å². The monoisotopic (exact) mass is 392 g/mol. The van der Waals surface area contributed by atoms with Gasteiger partial charge < -0.3 is 24.3 Å². The highest BCUT2D eigenvalue weighted by molar-refractivity contribution is 6.32. The molecule has 1 amide bonds. The number of nitrogens with zero attached hydrogens (tertiary/aromatic N) is 1. The molecule has 1 N–H and O–H groups in total. The molecule has 0 saturated carbocycles. The van der Waals surface area contributed by atoms with Crippen LogP contribution in [0, 0.1) is 0 Å². The fraction of sp³-hybridized carbons (Fsp3) is 0.316. The highest BCUT2D eigenvalue weighted by Gasteiger charge is 2.16. The predicted molar refractivity (Wildman–Crippen MR) is 102 cm³/mol. The number of hydrogen-bond donors (Lipinski definition) is 1. The average Bonchev–Trinajstić information content (AvgIpc) is 3.09. The SMILES string of the molecule is COc1cc(OC)c(NC(=O)CN(C)Cc2ccc3c(c2)OCO3)cc1Cl. The van der Waals surface area contributed by atoms with Gasteiger partial charge in [-0.3, -0.25) is 9.69 Å². The Morgan fingerprint density at radius 2 is 1.89 bits per heavy atom. The Bertz CT molecular complexity index is 843. The number of amides is 1. The number of anilines is 1. The molecule has 0 fully saturated rings. The van der Waals surface area contributed by atoms with Gasteiger partial charge in [-0.1, -0.05) is 17.7 Å². The third-order valence-corrected chi connectivity index (χ3v) is 4.35. The summed E-state index contributed by atoms with van der Waals surface area (Å²) in [6.45, 7) is 1.02. The summed E-state index contributed by atoms with van der Waals surface area (Å²) in [6, 6.07) is 8.98. The van der Waals surface area contributed by atoms with Crippen LogP contribution in [-0.2, 0) is 11.3 Å². The summed E-state index contributed by atoms with van der Waals surface area (Å²) in [5.74, 6) is 2.23. The first-order valence-corrected chi connectivity index (χ1v) is 8.66. The van der Waals surface area contributed by atoms with Crippen molar-refractivity contribution in [2.45, 2.75) is 6.54 Å². The third kappa shape index (κ3) is 4.56. The summed E-state index contributed by atoms with van der Waals surface area (Å²) >= 11 is 6.14. The van der Waals surface area contributed by atoms with E-state index in [1.807, 2.05) is 30.1 Å². The molecule has 1 aliphatic rings. The number of hydrogen-bond acceptors (Lipinski definition) is 6. The lowest BCUT2D eigenvalue weighted by atomic mass is 10.2. The predicted octanol–water partition coefficient (Wildman–Crippen LogP) is 3.16. The first-order valence-electron chi connectivity index (χ1n) is 8.28. The maximum Gasteiger partial charge on any atom is 0.238 e. The summed E-state index contributed by atoms with van der Waals surface area (Å²) < 4.78 is 21.1. The van der Waals surface area contributed by atoms with E-state index in [1.54, 1.807) is 12.1 Å². The minimum Gasteiger partial charge on any atom is -0.495 e. The molecular weight excluding hydrogens is 372 g/mol. The van der Waals surface area contributed by atoms with Crippen LogP contribution in [0.1, 0.15) is 5.56 Å². The van der Waals surface area contributed by atoms with Crippen LogP contribution in [0.3, 0.4) is 0 Å². The lowest BCUT2D eigenvalue weighted by Gasteiger charge is -2.18. The largest absolute Gasteiger partial charge is 0.495 e. The Balaban J connectivity index is 1.61. The summed E-state index contributed by atoms with van der Waals surface area (Å²) in [5, 5.41) is 3.21. The van der Waals surface area contributed by atoms with Gasteiger partial charge in [-0.25, -0.2) is 0 Å². The quantitative estimate of drug-likeness (QED) is 0.780. The summed E-state index contributed by atoms with van der Waals surface area (Å²) in [4.78, 5) is 14.3. The molecule has 2 aromatic carbocycles. The van der Waals surface area contributed by atoms with Crippen molar-refractivity contribution >= 4 is 23.2 Å². The molecule has 3 rings (SSSR count). The number of likely N-dealkylation sites (N-methyl/N-ethyl adjacent to an activating group) is 1. The zero-order valence-electron chi connectivity index (χ0n) is 15.4. The maximum absolute atomic E-state index is 12.4. The maximum atomic E-state index is 12.4. The van der Waals surface area contributed by atoms with Crippen LogP contribution in [-0.4, -0.2) is 45.4 Å². The third-order valence-electron chi connectivity index (χ3n) is 4.05. The molecule has 1 aliphatic heterocycles. The molecular formula is C19H21ClN2O5. The van der Waals surface area contributed by atoms with Crippen molar-refractivity contribution in [3.05, 3.63) is 40.9 Å². The standard InChI is InChI=1S/C19H21ClN2O5/c1-22(9-12-4-5-15-18(6-12)27-11-26-15)10-19(23)21-14-7-13(20)16(24-2)8-17(14)25-3/h4-8H,9-11H2,1-3H3,(H,21,23). The average molecular weight is 393 g/mol. The molecule has 0 bridgehead atoms. The van der Waals surface area contributed by atoms with Crippen molar-refractivity contribution in [2.75, 3.05) is 39.9 Å². The Kier molecular flexibility index (Phi) is 5.93. The Morgan fingerprint density at radius 1 is 1.15 bits per heavy atom. The normalized spacial score (nSPS) is 12.2. The van der Waals surface area contributed by atoms with Gasteiger partial charge in [-0.2, -0.15) is 0 Å². The molecule has 27 heavy (non-hydrogen) atoms. The van der Waals surface area contributed by atoms with Gasteiger partial charge in [0, 0.05) is 12.6 Å². The van der Waals surface area contributed by atoms with Crippen LogP contribution >= 0.6 is 11.6 Å². The van der Waals surface area contributed by atoms with Crippen LogP contribution in [0.2, 0.25) is 5.02 Å². The van der Waals surface area contributed by atoms with Gasteiger partial charge in [0.1, 0.15) is 11.5 Å². The number of carbonyl (C=O) groups is 1. The van der Waals surface area contributed by atoms with Gasteiger partial charge in [0.15, 0.2) is 11.5 Å². The van der Waals surface area contributed by atoms with E-state index in [4.69, 9.17) is 30.5 Å². The Morgan fingerprint density at radius 3 is 2.63 bits per heavy atom. The van der Waals surface area contributed by atoms with E-state index in [9.17, 15) is 4.79 Å². The number of fused-ring (bicyclic) bond motifs is 1. The lowest BCUT2D eigenvalue weighted by molar-refractivity contribution is -0.117. The molecule has 144 valence electrons. The summed E-state index contributed by atoms with van der Waals surface area (Å²) in [5.41, 5.74) is 1.52. The van der Waals surface area contributed by atoms with Crippen molar-refractivity contribution in [1.29, 1.82) is 0 Å². The van der Waals surface area contributed by atoms with E-state index < -0.39 is 0 Å². The highest BCUT2D eigenvalue weighted by atomic mass is 35.5. The second-order valence-electron chi connectivity index (χ2n) is 6.10. The van der Waals surface area contributed by atoms with E-state index in [1.165, 1.54) is 14.2 Å². The van der Waals surface area contributed by atoms with Crippen LogP contribution in [0.4, 0.5) is 5.69 Å². The van der Waals surface area contributed by atoms with E-state index in [-0.39, 0.29) is 19.2 Å². The van der Waals surface area contributed by atoms with Gasteiger partial charge >= 0.3 is 0 Å². The molecule has 8 heteroatoms. The number of ether oxygens (including phenoxy) is 4. The smallest absolute Gasteiger partial charge is 0.238 e. The second kappa shape index (κ2) is 8.37. The molecule has 0 unspecified atom stereocenters. The fourth-order valence-electron chi connectivity index (χ4n) is 2.80. The zero-order valence-corrected chi connectivity index (χ0v) is 16.1. The van der Waals surface area contributed by atoms with Crippen LogP contribution in [0.15, 0.2) is 30.3 Å². The number of carbonyl (C=O) groups excluding carboxylic acids is 1. The number of methoxy groups -OCH3 is 2. The topological polar surface area (TPSA) is 69.3 Å². The van der Waals surface area contributed by atoms with Crippen LogP contribution < -0.4 is 24.3 Å². The number of halogens is 1. The van der Waals surface area contributed by atoms with Gasteiger partial charge in [0.25, 0.3) is 0 Å². The summed E-state index contributed by atoms with van der Waals surface area (Å²) in [6.07, 6.45) is 0. The molecule has 0 radical (unpaired) electrons. The molecule has 2 aromatic rings. The molecule has 0 spiro atoms. The van der Waals surface area contributed by atoms with Gasteiger partial charge in [0.05, 0.1) is 31.5 Å². The molecule has 0 saturated heterocycles. The lowest BCUT2D eigenvalue weighted by Crippen LogP contribution is -2.30. The van der Waals surface area contributed by atoms with Crippen molar-refractivity contribution in [3.8, 4) is 23.0 Å². The molecule has 0 aromatic heterocycles. The summed E-state index contributed by atoms with van der Waals surface area (Å²) in [7, 11) is 4.90. The molecule has 0 atom stereocenters. The van der Waals surface area contributed by atoms with Gasteiger partial charge in [0.2, 0.25) is 12.7 Å². The molecule has 1 heterocycles. The van der Waals surface area contributed by atoms with Crippen LogP contribution in [0.5, 0.6) is 23.0 Å². The van der Waals surface area contributed by atoms with Crippen molar-refractivity contribution in [1.82, 2.24) is 4.90 Å². The van der Waals surface area contributed by atoms with Crippen LogP contribution in [0.25, 0.3) is 0 Å². The number of nitrogens with one attached hydrogen (secondary N) is 1. The highest BCUT2D eigenvalue weighted by Crippen LogP contribution is 2.36.